The number of nitrogens with zero attached hydrogens (tertiary/aromatic N) is 1. The van der Waals surface area contributed by atoms with Crippen LogP contribution in [0.4, 0.5) is 15.2 Å². The third-order valence-electron chi connectivity index (χ3n) is 4.97. The first-order valence-electron chi connectivity index (χ1n) is 9.40. The van der Waals surface area contributed by atoms with Gasteiger partial charge in [-0.2, -0.15) is 0 Å². The maximum Gasteiger partial charge on any atom is 0.261 e. The van der Waals surface area contributed by atoms with Gasteiger partial charge in [0.05, 0.1) is 20.8 Å². The lowest BCUT2D eigenvalue weighted by Crippen LogP contribution is -2.24. The largest absolute Gasteiger partial charge is 0.302 e. The third kappa shape index (κ3) is 4.56. The molecule has 1 saturated carbocycles. The monoisotopic (exact) mass is 433 g/mol. The molecule has 0 atom stereocenters. The molecule has 9 heteroatoms. The van der Waals surface area contributed by atoms with E-state index in [2.05, 4.69) is 15.0 Å². The standard InChI is InChI=1S/C20H20FN3O3S2/c21-14-6-9-16(10-7-14)29(26,27)24-15-8-11-18-17(12-15)22-20(28-18)23-19(25)13-4-2-1-3-5-13/h6-13,24H,1-5H2,(H,22,23,25). The van der Waals surface area contributed by atoms with Gasteiger partial charge in [0.15, 0.2) is 5.13 Å². The summed E-state index contributed by atoms with van der Waals surface area (Å²) in [6.07, 6.45) is 5.16. The van der Waals surface area contributed by atoms with Crippen LogP contribution in [-0.2, 0) is 14.8 Å². The van der Waals surface area contributed by atoms with Gasteiger partial charge in [-0.05, 0) is 55.3 Å². The van der Waals surface area contributed by atoms with Crippen LogP contribution in [0.15, 0.2) is 47.4 Å². The van der Waals surface area contributed by atoms with Gasteiger partial charge in [-0.1, -0.05) is 30.6 Å². The van der Waals surface area contributed by atoms with Gasteiger partial charge in [0, 0.05) is 5.92 Å². The molecule has 0 aliphatic heterocycles. The Bertz CT molecular complexity index is 1140. The lowest BCUT2D eigenvalue weighted by molar-refractivity contribution is -0.120. The number of nitrogens with one attached hydrogen (secondary N) is 2. The summed E-state index contributed by atoms with van der Waals surface area (Å²) in [7, 11) is -3.84. The van der Waals surface area contributed by atoms with Crippen LogP contribution in [0.5, 0.6) is 0 Å². The molecule has 1 amide bonds. The van der Waals surface area contributed by atoms with Crippen molar-refractivity contribution in [3.63, 3.8) is 0 Å². The Hall–Kier alpha value is -2.52. The highest BCUT2D eigenvalue weighted by atomic mass is 32.2. The molecule has 1 aromatic heterocycles. The average Bonchev–Trinajstić information content (AvgIpc) is 3.10. The normalized spacial score (nSPS) is 15.3. The maximum atomic E-state index is 13.0. The summed E-state index contributed by atoms with van der Waals surface area (Å²) in [4.78, 5) is 16.8. The molecule has 2 N–H and O–H groups in total. The molecule has 2 aromatic carbocycles. The molecule has 0 saturated heterocycles. The van der Waals surface area contributed by atoms with Crippen molar-refractivity contribution in [2.24, 2.45) is 5.92 Å². The summed E-state index contributed by atoms with van der Waals surface area (Å²) < 4.78 is 41.3. The number of carbonyl (C=O) groups is 1. The molecule has 0 bridgehead atoms. The van der Waals surface area contributed by atoms with E-state index in [-0.39, 0.29) is 16.7 Å². The number of carbonyl (C=O) groups excluding carboxylic acids is 1. The highest BCUT2D eigenvalue weighted by Crippen LogP contribution is 2.31. The van der Waals surface area contributed by atoms with E-state index in [0.717, 1.165) is 42.5 Å². The van der Waals surface area contributed by atoms with Gasteiger partial charge >= 0.3 is 0 Å². The van der Waals surface area contributed by atoms with E-state index in [0.29, 0.717) is 16.3 Å². The minimum Gasteiger partial charge on any atom is -0.302 e. The van der Waals surface area contributed by atoms with Crippen LogP contribution in [0, 0.1) is 11.7 Å². The maximum absolute atomic E-state index is 13.0. The average molecular weight is 434 g/mol. The zero-order chi connectivity index (χ0) is 20.4. The van der Waals surface area contributed by atoms with Crippen molar-refractivity contribution in [3.05, 3.63) is 48.3 Å². The van der Waals surface area contributed by atoms with Crippen LogP contribution in [0.3, 0.4) is 0 Å². The van der Waals surface area contributed by atoms with Crippen LogP contribution in [0.2, 0.25) is 0 Å². The van der Waals surface area contributed by atoms with Crippen molar-refractivity contribution in [1.82, 2.24) is 4.98 Å². The van der Waals surface area contributed by atoms with Crippen LogP contribution >= 0.6 is 11.3 Å². The zero-order valence-corrected chi connectivity index (χ0v) is 17.2. The van der Waals surface area contributed by atoms with E-state index in [1.807, 2.05) is 0 Å². The summed E-state index contributed by atoms with van der Waals surface area (Å²) >= 11 is 1.35. The number of sulfonamides is 1. The second kappa shape index (κ2) is 8.08. The number of thiazole rings is 1. The first-order chi connectivity index (χ1) is 13.9. The number of hydrogen-bond acceptors (Lipinski definition) is 5. The fourth-order valence-corrected chi connectivity index (χ4v) is 5.34. The van der Waals surface area contributed by atoms with Crippen molar-refractivity contribution in [1.29, 1.82) is 0 Å². The number of hydrogen-bond donors (Lipinski definition) is 2. The van der Waals surface area contributed by atoms with Gasteiger partial charge in [0.2, 0.25) is 5.91 Å². The molecule has 0 spiro atoms. The van der Waals surface area contributed by atoms with Crippen molar-refractivity contribution in [3.8, 4) is 0 Å². The Labute approximate surface area is 172 Å². The number of anilines is 2. The van der Waals surface area contributed by atoms with E-state index < -0.39 is 15.8 Å². The fourth-order valence-electron chi connectivity index (χ4n) is 3.44. The minimum atomic E-state index is -3.84. The summed E-state index contributed by atoms with van der Waals surface area (Å²) in [5.74, 6) is -0.467. The number of benzene rings is 2. The summed E-state index contributed by atoms with van der Waals surface area (Å²) in [5.41, 5.74) is 0.936. The van der Waals surface area contributed by atoms with Crippen molar-refractivity contribution >= 4 is 48.3 Å². The molecule has 4 rings (SSSR count). The van der Waals surface area contributed by atoms with Crippen molar-refractivity contribution < 1.29 is 17.6 Å². The van der Waals surface area contributed by atoms with Crippen LogP contribution in [-0.4, -0.2) is 19.3 Å². The van der Waals surface area contributed by atoms with Crippen molar-refractivity contribution in [2.45, 2.75) is 37.0 Å². The van der Waals surface area contributed by atoms with Gasteiger partial charge in [-0.15, -0.1) is 0 Å². The molecule has 152 valence electrons. The smallest absolute Gasteiger partial charge is 0.261 e. The van der Waals surface area contributed by atoms with Gasteiger partial charge in [0.25, 0.3) is 10.0 Å². The van der Waals surface area contributed by atoms with E-state index in [9.17, 15) is 17.6 Å². The highest BCUT2D eigenvalue weighted by molar-refractivity contribution is 7.92. The third-order valence-corrected chi connectivity index (χ3v) is 7.32. The van der Waals surface area contributed by atoms with Crippen LogP contribution in [0.1, 0.15) is 32.1 Å². The van der Waals surface area contributed by atoms with Gasteiger partial charge < -0.3 is 5.32 Å². The molecule has 3 aromatic rings. The quantitative estimate of drug-likeness (QED) is 0.607. The second-order valence-electron chi connectivity index (χ2n) is 7.09. The molecule has 1 aliphatic rings. The summed E-state index contributed by atoms with van der Waals surface area (Å²) in [6, 6.07) is 9.61. The molecule has 6 nitrogen and oxygen atoms in total. The first-order valence-corrected chi connectivity index (χ1v) is 11.7. The topological polar surface area (TPSA) is 88.2 Å². The van der Waals surface area contributed by atoms with Crippen LogP contribution < -0.4 is 10.0 Å². The lowest BCUT2D eigenvalue weighted by atomic mass is 9.89. The number of aromatic nitrogens is 1. The molecule has 29 heavy (non-hydrogen) atoms. The van der Waals surface area contributed by atoms with Crippen LogP contribution in [0.25, 0.3) is 10.2 Å². The van der Waals surface area contributed by atoms with E-state index >= 15 is 0 Å². The van der Waals surface area contributed by atoms with Gasteiger partial charge in [0.1, 0.15) is 5.82 Å². The summed E-state index contributed by atoms with van der Waals surface area (Å²) in [6.45, 7) is 0. The molecule has 1 heterocycles. The Morgan fingerprint density at radius 3 is 2.52 bits per heavy atom. The lowest BCUT2D eigenvalue weighted by Gasteiger charge is -2.19. The molecule has 0 unspecified atom stereocenters. The zero-order valence-electron chi connectivity index (χ0n) is 15.5. The predicted octanol–water partition coefficient (Wildman–Crippen LogP) is 4.76. The van der Waals surface area contributed by atoms with E-state index in [1.54, 1.807) is 18.2 Å². The Morgan fingerprint density at radius 1 is 1.07 bits per heavy atom. The molecule has 1 fully saturated rings. The number of rotatable bonds is 5. The number of fused-ring (bicyclic) bond motifs is 1. The molecular formula is C20H20FN3O3S2. The summed E-state index contributed by atoms with van der Waals surface area (Å²) in [5, 5.41) is 3.40. The SMILES string of the molecule is O=C(Nc1nc2cc(NS(=O)(=O)c3ccc(F)cc3)ccc2s1)C1CCCCC1. The molecule has 0 radical (unpaired) electrons. The fraction of sp³-hybridized carbons (Fsp3) is 0.300. The first kappa shape index (κ1) is 19.8. The van der Waals surface area contributed by atoms with Crippen molar-refractivity contribution in [2.75, 3.05) is 10.0 Å². The van der Waals surface area contributed by atoms with E-state index in [1.165, 1.54) is 29.9 Å². The second-order valence-corrected chi connectivity index (χ2v) is 9.80. The Balaban J connectivity index is 1.50. The molecule has 1 aliphatic carbocycles. The van der Waals surface area contributed by atoms with Gasteiger partial charge in [-0.3, -0.25) is 9.52 Å². The highest BCUT2D eigenvalue weighted by Gasteiger charge is 2.22. The molecular weight excluding hydrogens is 413 g/mol. The van der Waals surface area contributed by atoms with E-state index in [4.69, 9.17) is 0 Å². The number of halogens is 1. The Kier molecular flexibility index (Phi) is 5.51. The Morgan fingerprint density at radius 2 is 1.79 bits per heavy atom. The predicted molar refractivity (Wildman–Crippen MR) is 112 cm³/mol. The number of amides is 1. The van der Waals surface area contributed by atoms with Gasteiger partial charge in [-0.25, -0.2) is 17.8 Å². The minimum absolute atomic E-state index is 0.000919.